The summed E-state index contributed by atoms with van der Waals surface area (Å²) in [6.07, 6.45) is 0.301. The van der Waals surface area contributed by atoms with Gasteiger partial charge in [-0.2, -0.15) is 0 Å². The molecule has 0 rings (SSSR count). The molecule has 0 heterocycles. The van der Waals surface area contributed by atoms with Crippen LogP contribution in [0.1, 0.15) is 27.7 Å². The van der Waals surface area contributed by atoms with Crippen LogP contribution in [-0.4, -0.2) is 12.7 Å². The highest BCUT2D eigenvalue weighted by molar-refractivity contribution is 4.69. The molecule has 1 radical (unpaired) electrons. The predicted octanol–water partition coefficient (Wildman–Crippen LogP) is 2.27. The summed E-state index contributed by atoms with van der Waals surface area (Å²) in [5, 5.41) is 0. The minimum Gasteiger partial charge on any atom is -0.378 e. The van der Waals surface area contributed by atoms with Gasteiger partial charge in [0, 0.05) is 6.61 Å². The van der Waals surface area contributed by atoms with Crippen molar-refractivity contribution in [3.63, 3.8) is 0 Å². The highest BCUT2D eigenvalue weighted by atomic mass is 16.5. The maximum Gasteiger partial charge on any atom is 0.0595 e. The van der Waals surface area contributed by atoms with Crippen molar-refractivity contribution in [2.75, 3.05) is 6.61 Å². The minimum absolute atomic E-state index is 0.248. The monoisotopic (exact) mass is 129 g/mol. The molecule has 1 unspecified atom stereocenters. The van der Waals surface area contributed by atoms with E-state index in [4.69, 9.17) is 4.74 Å². The Kier molecular flexibility index (Phi) is 3.20. The molecule has 0 bridgehead atoms. The SMILES string of the molecule is [CH2]COC(C)C(C)(C)C. The molecule has 0 spiro atoms. The van der Waals surface area contributed by atoms with Crippen LogP contribution in [0.15, 0.2) is 0 Å². The van der Waals surface area contributed by atoms with E-state index >= 15 is 0 Å². The van der Waals surface area contributed by atoms with Gasteiger partial charge in [0.1, 0.15) is 0 Å². The maximum atomic E-state index is 5.30. The van der Waals surface area contributed by atoms with Gasteiger partial charge in [0.25, 0.3) is 0 Å². The van der Waals surface area contributed by atoms with Gasteiger partial charge in [-0.1, -0.05) is 20.8 Å². The number of rotatable bonds is 2. The van der Waals surface area contributed by atoms with Crippen LogP contribution in [-0.2, 0) is 4.74 Å². The molecule has 1 nitrogen and oxygen atoms in total. The number of hydrogen-bond acceptors (Lipinski definition) is 1. The van der Waals surface area contributed by atoms with Crippen LogP contribution in [0.25, 0.3) is 0 Å². The van der Waals surface area contributed by atoms with Gasteiger partial charge in [0.2, 0.25) is 0 Å². The Balaban J connectivity index is 3.59. The van der Waals surface area contributed by atoms with Crippen molar-refractivity contribution in [2.24, 2.45) is 5.41 Å². The fourth-order valence-electron chi connectivity index (χ4n) is 0.427. The average molecular weight is 129 g/mol. The van der Waals surface area contributed by atoms with Gasteiger partial charge >= 0.3 is 0 Å². The van der Waals surface area contributed by atoms with Gasteiger partial charge in [0.05, 0.1) is 6.10 Å². The lowest BCUT2D eigenvalue weighted by molar-refractivity contribution is 0.00971. The third-order valence-electron chi connectivity index (χ3n) is 1.59. The van der Waals surface area contributed by atoms with Crippen molar-refractivity contribution >= 4 is 0 Å². The largest absolute Gasteiger partial charge is 0.378 e. The molecule has 0 aliphatic rings. The summed E-state index contributed by atoms with van der Waals surface area (Å²) in [7, 11) is 0. The molecule has 0 saturated heterocycles. The molecule has 55 valence electrons. The molecule has 0 aliphatic heterocycles. The summed E-state index contributed by atoms with van der Waals surface area (Å²) in [5.41, 5.74) is 0.248. The zero-order valence-corrected chi connectivity index (χ0v) is 6.90. The lowest BCUT2D eigenvalue weighted by Gasteiger charge is -2.26. The third kappa shape index (κ3) is 3.52. The van der Waals surface area contributed by atoms with Crippen LogP contribution in [0.4, 0.5) is 0 Å². The third-order valence-corrected chi connectivity index (χ3v) is 1.59. The van der Waals surface area contributed by atoms with E-state index in [1.807, 2.05) is 0 Å². The van der Waals surface area contributed by atoms with Crippen molar-refractivity contribution in [1.29, 1.82) is 0 Å². The molecule has 0 aromatic carbocycles. The van der Waals surface area contributed by atoms with Crippen LogP contribution in [0.2, 0.25) is 0 Å². The first-order chi connectivity index (χ1) is 3.98. The van der Waals surface area contributed by atoms with E-state index in [-0.39, 0.29) is 5.41 Å². The lowest BCUT2D eigenvalue weighted by Crippen LogP contribution is -2.25. The Bertz CT molecular complexity index is 71.1. The summed E-state index contributed by atoms with van der Waals surface area (Å²) in [5.74, 6) is 0. The molecular formula is C8H17O. The summed E-state index contributed by atoms with van der Waals surface area (Å²) in [4.78, 5) is 0. The molecular weight excluding hydrogens is 112 g/mol. The van der Waals surface area contributed by atoms with Gasteiger partial charge in [0.15, 0.2) is 0 Å². The summed E-state index contributed by atoms with van der Waals surface area (Å²) >= 11 is 0. The van der Waals surface area contributed by atoms with Gasteiger partial charge < -0.3 is 4.74 Å². The summed E-state index contributed by atoms with van der Waals surface area (Å²) in [6, 6.07) is 0. The van der Waals surface area contributed by atoms with E-state index in [2.05, 4.69) is 34.6 Å². The highest BCUT2D eigenvalue weighted by Gasteiger charge is 2.19. The first kappa shape index (κ1) is 8.96. The molecule has 0 aliphatic carbocycles. The van der Waals surface area contributed by atoms with Crippen molar-refractivity contribution < 1.29 is 4.74 Å². The van der Waals surface area contributed by atoms with Crippen LogP contribution in [0.5, 0.6) is 0 Å². The number of ether oxygens (including phenoxy) is 1. The maximum absolute atomic E-state index is 5.30. The van der Waals surface area contributed by atoms with E-state index < -0.39 is 0 Å². The van der Waals surface area contributed by atoms with Crippen molar-refractivity contribution in [1.82, 2.24) is 0 Å². The first-order valence-corrected chi connectivity index (χ1v) is 3.39. The highest BCUT2D eigenvalue weighted by Crippen LogP contribution is 2.20. The summed E-state index contributed by atoms with van der Waals surface area (Å²) in [6.45, 7) is 12.7. The van der Waals surface area contributed by atoms with Gasteiger partial charge in [-0.05, 0) is 19.3 Å². The molecule has 1 atom stereocenters. The quantitative estimate of drug-likeness (QED) is 0.555. The second-order valence-electron chi connectivity index (χ2n) is 3.38. The second kappa shape index (κ2) is 3.21. The summed E-state index contributed by atoms with van der Waals surface area (Å²) < 4.78 is 5.30. The minimum atomic E-state index is 0.248. The Labute approximate surface area is 58.4 Å². The fourth-order valence-corrected chi connectivity index (χ4v) is 0.427. The molecule has 0 fully saturated rings. The van der Waals surface area contributed by atoms with Crippen molar-refractivity contribution in [2.45, 2.75) is 33.8 Å². The smallest absolute Gasteiger partial charge is 0.0595 e. The predicted molar refractivity (Wildman–Crippen MR) is 40.2 cm³/mol. The van der Waals surface area contributed by atoms with Gasteiger partial charge in [-0.25, -0.2) is 0 Å². The fraction of sp³-hybridized carbons (Fsp3) is 0.875. The normalized spacial score (nSPS) is 15.7. The molecule has 0 saturated carbocycles. The van der Waals surface area contributed by atoms with E-state index in [1.54, 1.807) is 0 Å². The van der Waals surface area contributed by atoms with Gasteiger partial charge in [-0.15, -0.1) is 0 Å². The lowest BCUT2D eigenvalue weighted by atomic mass is 9.90. The van der Waals surface area contributed by atoms with E-state index in [0.717, 1.165) is 0 Å². The van der Waals surface area contributed by atoms with Crippen molar-refractivity contribution in [3.8, 4) is 0 Å². The molecule has 0 amide bonds. The average Bonchev–Trinajstić information content (AvgIpc) is 1.64. The molecule has 0 aromatic rings. The Morgan fingerprint density at radius 3 is 2.00 bits per heavy atom. The second-order valence-corrected chi connectivity index (χ2v) is 3.38. The van der Waals surface area contributed by atoms with Crippen LogP contribution in [0.3, 0.4) is 0 Å². The molecule has 0 aromatic heterocycles. The van der Waals surface area contributed by atoms with Crippen molar-refractivity contribution in [3.05, 3.63) is 6.92 Å². The number of hydrogen-bond donors (Lipinski definition) is 0. The first-order valence-electron chi connectivity index (χ1n) is 3.39. The molecule has 0 N–H and O–H groups in total. The van der Waals surface area contributed by atoms with Crippen LogP contribution in [0, 0.1) is 12.3 Å². The zero-order chi connectivity index (χ0) is 7.49. The van der Waals surface area contributed by atoms with Gasteiger partial charge in [-0.3, -0.25) is 0 Å². The molecule has 1 heteroatoms. The van der Waals surface area contributed by atoms with E-state index in [0.29, 0.717) is 12.7 Å². The Hall–Kier alpha value is -0.0400. The molecule has 9 heavy (non-hydrogen) atoms. The zero-order valence-electron chi connectivity index (χ0n) is 6.90. The topological polar surface area (TPSA) is 9.23 Å². The van der Waals surface area contributed by atoms with Crippen LogP contribution < -0.4 is 0 Å². The van der Waals surface area contributed by atoms with E-state index in [1.165, 1.54) is 0 Å². The standard InChI is InChI=1S/C8H17O/c1-6-9-7(2)8(3,4)5/h7H,1,6H2,2-5H3. The Morgan fingerprint density at radius 2 is 1.89 bits per heavy atom. The van der Waals surface area contributed by atoms with E-state index in [9.17, 15) is 0 Å². The van der Waals surface area contributed by atoms with Crippen LogP contribution >= 0.6 is 0 Å². The Morgan fingerprint density at radius 1 is 1.44 bits per heavy atom.